The van der Waals surface area contributed by atoms with E-state index in [2.05, 4.69) is 25.5 Å². The molecule has 0 spiro atoms. The number of ether oxygens (including phenoxy) is 1. The third kappa shape index (κ3) is 6.61. The van der Waals surface area contributed by atoms with Gasteiger partial charge in [-0.2, -0.15) is 20.1 Å². The van der Waals surface area contributed by atoms with Crippen molar-refractivity contribution in [2.24, 2.45) is 12.8 Å². The Morgan fingerprint density at radius 2 is 1.89 bits per heavy atom. The molecule has 1 atom stereocenters. The van der Waals surface area contributed by atoms with E-state index in [-0.39, 0.29) is 5.82 Å². The number of nitrogens with two attached hydrogens (primary N) is 1. The summed E-state index contributed by atoms with van der Waals surface area (Å²) >= 11 is 0. The zero-order chi connectivity index (χ0) is 27.1. The van der Waals surface area contributed by atoms with Crippen molar-refractivity contribution in [2.75, 3.05) is 38.7 Å². The third-order valence-corrected chi connectivity index (χ3v) is 6.43. The highest BCUT2D eigenvalue weighted by Crippen LogP contribution is 2.29. The van der Waals surface area contributed by atoms with Crippen molar-refractivity contribution in [3.8, 4) is 17.1 Å². The molecule has 3 heterocycles. The number of hydrogen-bond donors (Lipinski definition) is 2. The number of urea groups is 1. The Balaban J connectivity index is 0.000000186. The maximum Gasteiger partial charge on any atom is 0.317 e. The van der Waals surface area contributed by atoms with Crippen LogP contribution >= 0.6 is 0 Å². The Morgan fingerprint density at radius 3 is 2.53 bits per heavy atom. The number of benzene rings is 2. The first-order valence-corrected chi connectivity index (χ1v) is 12.4. The molecule has 2 amide bonds. The normalized spacial score (nSPS) is 15.2. The minimum Gasteiger partial charge on any atom is -0.383 e. The van der Waals surface area contributed by atoms with Crippen LogP contribution in [0.25, 0.3) is 17.1 Å². The van der Waals surface area contributed by atoms with E-state index in [0.29, 0.717) is 23.1 Å². The second kappa shape index (κ2) is 12.4. The maximum atomic E-state index is 12.8. The number of rotatable bonds is 7. The molecule has 4 aromatic rings. The fraction of sp³-hybridized carbons (Fsp3) is 0.333. The average Bonchev–Trinajstić information content (AvgIpc) is 3.64. The number of primary amides is 1. The molecule has 38 heavy (non-hydrogen) atoms. The maximum absolute atomic E-state index is 12.8. The van der Waals surface area contributed by atoms with Gasteiger partial charge in [-0.05, 0) is 55.6 Å². The van der Waals surface area contributed by atoms with Crippen molar-refractivity contribution in [2.45, 2.75) is 19.3 Å². The molecule has 1 fully saturated rings. The first-order chi connectivity index (χ1) is 18.4. The largest absolute Gasteiger partial charge is 0.383 e. The van der Waals surface area contributed by atoms with Gasteiger partial charge in [0.05, 0.1) is 18.5 Å². The van der Waals surface area contributed by atoms with Crippen LogP contribution < -0.4 is 11.1 Å². The van der Waals surface area contributed by atoms with Crippen LogP contribution in [0.4, 0.5) is 15.0 Å². The van der Waals surface area contributed by atoms with Crippen molar-refractivity contribution in [3.05, 3.63) is 77.7 Å². The Bertz CT molecular complexity index is 1340. The Morgan fingerprint density at radius 1 is 1.16 bits per heavy atom. The smallest absolute Gasteiger partial charge is 0.317 e. The van der Waals surface area contributed by atoms with Crippen molar-refractivity contribution in [3.63, 3.8) is 0 Å². The van der Waals surface area contributed by atoms with Crippen LogP contribution in [0.15, 0.2) is 60.8 Å². The molecular formula is C27H33FN8O2. The first-order valence-electron chi connectivity index (χ1n) is 12.4. The van der Waals surface area contributed by atoms with Crippen LogP contribution in [0, 0.1) is 12.7 Å². The topological polar surface area (TPSA) is 116 Å². The number of halogens is 1. The van der Waals surface area contributed by atoms with Gasteiger partial charge in [-0.1, -0.05) is 30.3 Å². The van der Waals surface area contributed by atoms with Crippen LogP contribution in [-0.4, -0.2) is 69.1 Å². The highest BCUT2D eigenvalue weighted by Gasteiger charge is 2.23. The number of likely N-dealkylation sites (tertiary alicyclic amines) is 1. The number of para-hydroxylation sites is 1. The number of carbonyl (C=O) groups excluding carboxylic acids is 1. The Kier molecular flexibility index (Phi) is 8.82. The van der Waals surface area contributed by atoms with E-state index in [1.54, 1.807) is 37.2 Å². The Labute approximate surface area is 221 Å². The number of nitrogens with one attached hydrogen (secondary N) is 1. The molecule has 3 N–H and O–H groups in total. The first kappa shape index (κ1) is 27.0. The lowest BCUT2D eigenvalue weighted by atomic mass is 9.99. The lowest BCUT2D eigenvalue weighted by molar-refractivity contribution is 0.160. The second-order valence-electron chi connectivity index (χ2n) is 9.11. The predicted molar refractivity (Wildman–Crippen MR) is 144 cm³/mol. The van der Waals surface area contributed by atoms with Crippen molar-refractivity contribution in [1.29, 1.82) is 0 Å². The molecule has 5 rings (SSSR count). The van der Waals surface area contributed by atoms with Gasteiger partial charge in [0.2, 0.25) is 0 Å². The quantitative estimate of drug-likeness (QED) is 0.384. The zero-order valence-corrected chi connectivity index (χ0v) is 21.8. The van der Waals surface area contributed by atoms with Crippen LogP contribution in [0.3, 0.4) is 0 Å². The number of anilines is 1. The van der Waals surface area contributed by atoms with Crippen LogP contribution in [-0.2, 0) is 11.8 Å². The van der Waals surface area contributed by atoms with E-state index < -0.39 is 6.03 Å². The van der Waals surface area contributed by atoms with Crippen LogP contribution in [0.2, 0.25) is 0 Å². The fourth-order valence-corrected chi connectivity index (χ4v) is 4.48. The lowest BCUT2D eigenvalue weighted by Gasteiger charge is -2.15. The van der Waals surface area contributed by atoms with E-state index >= 15 is 0 Å². The summed E-state index contributed by atoms with van der Waals surface area (Å²) in [6.45, 7) is 5.81. The van der Waals surface area contributed by atoms with Gasteiger partial charge in [-0.3, -0.25) is 5.32 Å². The fourth-order valence-electron chi connectivity index (χ4n) is 4.48. The molecule has 2 aromatic heterocycles. The molecule has 1 aliphatic rings. The average molecular weight is 521 g/mol. The van der Waals surface area contributed by atoms with Crippen molar-refractivity contribution < 1.29 is 13.9 Å². The second-order valence-corrected chi connectivity index (χ2v) is 9.11. The standard InChI is InChI=1S/C14H15N7O.C13H18FNO/c1-9-12(11-8-16-20(2)18-11)19-21(13(9)17-14(15)22)10-6-4-3-5-7-10;1-16-9-8-15-7-6-12(10-15)11-2-4-13(14)5-3-11/h3-8H,1-2H3,(H3,15,17,22);2-5,12H,6-10H2,1H3. The van der Waals surface area contributed by atoms with E-state index in [0.717, 1.165) is 43.9 Å². The highest BCUT2D eigenvalue weighted by molar-refractivity contribution is 5.89. The molecule has 0 radical (unpaired) electrons. The SMILES string of the molecule is COCCN1CCC(c2ccc(F)cc2)C1.Cc1c(-c2cnn(C)n2)nn(-c2ccccc2)c1NC(N)=O. The minimum atomic E-state index is -0.647. The predicted octanol–water partition coefficient (Wildman–Crippen LogP) is 3.73. The van der Waals surface area contributed by atoms with E-state index in [1.807, 2.05) is 49.4 Å². The third-order valence-electron chi connectivity index (χ3n) is 6.43. The molecule has 1 unspecified atom stereocenters. The van der Waals surface area contributed by atoms with Gasteiger partial charge in [0, 0.05) is 32.8 Å². The number of nitrogens with zero attached hydrogens (tertiary/aromatic N) is 6. The van der Waals surface area contributed by atoms with Crippen molar-refractivity contribution in [1.82, 2.24) is 29.7 Å². The zero-order valence-electron chi connectivity index (χ0n) is 21.8. The molecule has 0 saturated carbocycles. The molecule has 0 aliphatic carbocycles. The molecule has 200 valence electrons. The summed E-state index contributed by atoms with van der Waals surface area (Å²) in [5.41, 5.74) is 9.36. The van der Waals surface area contributed by atoms with Gasteiger partial charge in [0.1, 0.15) is 23.0 Å². The summed E-state index contributed by atoms with van der Waals surface area (Å²) in [4.78, 5) is 15.1. The summed E-state index contributed by atoms with van der Waals surface area (Å²) in [6, 6.07) is 15.7. The molecule has 0 bridgehead atoms. The molecule has 11 heteroatoms. The molecule has 1 aliphatic heterocycles. The van der Waals surface area contributed by atoms with Gasteiger partial charge in [-0.15, -0.1) is 0 Å². The summed E-state index contributed by atoms with van der Waals surface area (Å²) < 4.78 is 19.5. The summed E-state index contributed by atoms with van der Waals surface area (Å²) in [6.07, 6.45) is 2.79. The molecule has 2 aromatic carbocycles. The number of aryl methyl sites for hydroxylation is 1. The summed E-state index contributed by atoms with van der Waals surface area (Å²) in [5.74, 6) is 0.912. The number of aromatic nitrogens is 5. The number of carbonyl (C=O) groups is 1. The lowest BCUT2D eigenvalue weighted by Crippen LogP contribution is -2.24. The van der Waals surface area contributed by atoms with Gasteiger partial charge in [0.15, 0.2) is 0 Å². The Hall–Kier alpha value is -4.09. The summed E-state index contributed by atoms with van der Waals surface area (Å²) in [5, 5.41) is 15.5. The minimum absolute atomic E-state index is 0.155. The van der Waals surface area contributed by atoms with Crippen LogP contribution in [0.5, 0.6) is 0 Å². The van der Waals surface area contributed by atoms with Gasteiger partial charge < -0.3 is 15.4 Å². The molecule has 1 saturated heterocycles. The summed E-state index contributed by atoms with van der Waals surface area (Å²) in [7, 11) is 3.46. The number of hydrogen-bond acceptors (Lipinski definition) is 6. The molecule has 10 nitrogen and oxygen atoms in total. The van der Waals surface area contributed by atoms with Crippen LogP contribution in [0.1, 0.15) is 23.5 Å². The number of methoxy groups -OCH3 is 1. The highest BCUT2D eigenvalue weighted by atomic mass is 19.1. The van der Waals surface area contributed by atoms with Gasteiger partial charge in [0.25, 0.3) is 0 Å². The van der Waals surface area contributed by atoms with Gasteiger partial charge in [-0.25, -0.2) is 13.9 Å². The molecular weight excluding hydrogens is 487 g/mol. The van der Waals surface area contributed by atoms with Crippen molar-refractivity contribution >= 4 is 11.8 Å². The van der Waals surface area contributed by atoms with E-state index in [4.69, 9.17) is 10.5 Å². The van der Waals surface area contributed by atoms with E-state index in [1.165, 1.54) is 10.4 Å². The monoisotopic (exact) mass is 520 g/mol. The van der Waals surface area contributed by atoms with Gasteiger partial charge >= 0.3 is 6.03 Å². The van der Waals surface area contributed by atoms with E-state index in [9.17, 15) is 9.18 Å². The number of amides is 2.